The number of hydrogen-bond acceptors (Lipinski definition) is 3. The van der Waals surface area contributed by atoms with Crippen LogP contribution in [0.4, 0.5) is 0 Å². The summed E-state index contributed by atoms with van der Waals surface area (Å²) in [5, 5.41) is 11.0. The van der Waals surface area contributed by atoms with Gasteiger partial charge >= 0.3 is 0 Å². The highest BCUT2D eigenvalue weighted by molar-refractivity contribution is 6.30. The third-order valence-electron chi connectivity index (χ3n) is 2.81. The molecule has 0 aliphatic carbocycles. The number of halogens is 1. The summed E-state index contributed by atoms with van der Waals surface area (Å²) in [6, 6.07) is 9.31. The number of rotatable bonds is 5. The van der Waals surface area contributed by atoms with Crippen molar-refractivity contribution in [3.05, 3.63) is 58.9 Å². The van der Waals surface area contributed by atoms with Crippen molar-refractivity contribution in [2.45, 2.75) is 32.5 Å². The Morgan fingerprint density at radius 3 is 2.75 bits per heavy atom. The number of aliphatic hydroxyl groups excluding tert-OH is 1. The van der Waals surface area contributed by atoms with Gasteiger partial charge in [0.25, 0.3) is 0 Å². The fraction of sp³-hybridized carbons (Fsp3) is 0.312. The van der Waals surface area contributed by atoms with Crippen LogP contribution in [-0.4, -0.2) is 16.2 Å². The van der Waals surface area contributed by atoms with Crippen LogP contribution in [0.1, 0.15) is 31.1 Å². The molecule has 1 aromatic carbocycles. The second-order valence-electron chi connectivity index (χ2n) is 4.97. The van der Waals surface area contributed by atoms with E-state index < -0.39 is 6.10 Å². The Labute approximate surface area is 124 Å². The molecule has 106 valence electrons. The molecule has 0 spiro atoms. The molecular weight excluding hydrogens is 274 g/mol. The van der Waals surface area contributed by atoms with Crippen LogP contribution in [0.3, 0.4) is 0 Å². The summed E-state index contributed by atoms with van der Waals surface area (Å²) >= 11 is 5.94. The molecule has 1 N–H and O–H groups in total. The van der Waals surface area contributed by atoms with Gasteiger partial charge in [0, 0.05) is 23.2 Å². The van der Waals surface area contributed by atoms with Crippen molar-refractivity contribution in [2.75, 3.05) is 0 Å². The van der Waals surface area contributed by atoms with Crippen LogP contribution in [0.15, 0.2) is 42.7 Å². The van der Waals surface area contributed by atoms with E-state index in [0.717, 1.165) is 11.1 Å². The molecule has 1 unspecified atom stereocenters. The molecule has 0 aliphatic rings. The molecule has 0 amide bonds. The second kappa shape index (κ2) is 6.73. The normalized spacial score (nSPS) is 12.4. The van der Waals surface area contributed by atoms with Gasteiger partial charge in [-0.2, -0.15) is 0 Å². The smallest absolute Gasteiger partial charge is 0.138 e. The minimum absolute atomic E-state index is 0.0807. The van der Waals surface area contributed by atoms with Crippen LogP contribution in [0.2, 0.25) is 5.02 Å². The van der Waals surface area contributed by atoms with Gasteiger partial charge in [0.05, 0.1) is 18.4 Å². The molecule has 1 atom stereocenters. The predicted octanol–water partition coefficient (Wildman–Crippen LogP) is 3.80. The summed E-state index contributed by atoms with van der Waals surface area (Å²) < 4.78 is 5.58. The van der Waals surface area contributed by atoms with E-state index in [2.05, 4.69) is 4.98 Å². The maximum absolute atomic E-state index is 10.3. The van der Waals surface area contributed by atoms with Gasteiger partial charge in [0.1, 0.15) is 5.75 Å². The fourth-order valence-corrected chi connectivity index (χ4v) is 2.17. The molecule has 4 heteroatoms. The van der Waals surface area contributed by atoms with Crippen LogP contribution in [0.25, 0.3) is 0 Å². The fourth-order valence-electron chi connectivity index (χ4n) is 1.96. The van der Waals surface area contributed by atoms with Crippen molar-refractivity contribution in [3.8, 4) is 5.75 Å². The second-order valence-corrected chi connectivity index (χ2v) is 5.41. The topological polar surface area (TPSA) is 42.4 Å². The number of aliphatic hydroxyl groups is 1. The van der Waals surface area contributed by atoms with Crippen molar-refractivity contribution in [3.63, 3.8) is 0 Å². The summed E-state index contributed by atoms with van der Waals surface area (Å²) in [5.41, 5.74) is 1.73. The molecule has 20 heavy (non-hydrogen) atoms. The largest absolute Gasteiger partial charge is 0.489 e. The Kier molecular flexibility index (Phi) is 4.99. The number of pyridine rings is 1. The number of hydrogen-bond donors (Lipinski definition) is 1. The van der Waals surface area contributed by atoms with Crippen LogP contribution in [0.5, 0.6) is 5.75 Å². The van der Waals surface area contributed by atoms with E-state index in [1.807, 2.05) is 44.2 Å². The van der Waals surface area contributed by atoms with Gasteiger partial charge in [0.15, 0.2) is 0 Å². The number of nitrogens with zero attached hydrogens (tertiary/aromatic N) is 1. The highest BCUT2D eigenvalue weighted by Gasteiger charge is 2.11. The van der Waals surface area contributed by atoms with Gasteiger partial charge < -0.3 is 9.84 Å². The summed E-state index contributed by atoms with van der Waals surface area (Å²) in [4.78, 5) is 4.11. The van der Waals surface area contributed by atoms with Gasteiger partial charge in [-0.15, -0.1) is 0 Å². The Hall–Kier alpha value is -1.58. The number of ether oxygens (including phenoxy) is 1. The van der Waals surface area contributed by atoms with Crippen molar-refractivity contribution in [1.82, 2.24) is 4.98 Å². The van der Waals surface area contributed by atoms with Crippen LogP contribution >= 0.6 is 11.6 Å². The molecule has 0 saturated carbocycles. The molecule has 1 heterocycles. The molecule has 0 bridgehead atoms. The van der Waals surface area contributed by atoms with E-state index >= 15 is 0 Å². The predicted molar refractivity (Wildman–Crippen MR) is 80.1 cm³/mol. The molecule has 2 rings (SSSR count). The minimum Gasteiger partial charge on any atom is -0.489 e. The molecule has 3 nitrogen and oxygen atoms in total. The molecule has 0 aliphatic heterocycles. The van der Waals surface area contributed by atoms with Gasteiger partial charge in [-0.1, -0.05) is 23.7 Å². The van der Waals surface area contributed by atoms with E-state index in [4.69, 9.17) is 16.3 Å². The summed E-state index contributed by atoms with van der Waals surface area (Å²) in [6.07, 6.45) is 3.25. The summed E-state index contributed by atoms with van der Waals surface area (Å²) in [6.45, 7) is 3.91. The summed E-state index contributed by atoms with van der Waals surface area (Å²) in [5.74, 6) is 0.669. The lowest BCUT2D eigenvalue weighted by Gasteiger charge is -2.14. The number of aromatic nitrogens is 1. The Morgan fingerprint density at radius 1 is 1.25 bits per heavy atom. The molecule has 0 radical (unpaired) electrons. The first-order chi connectivity index (χ1) is 9.54. The Balaban J connectivity index is 2.10. The Morgan fingerprint density at radius 2 is 2.05 bits per heavy atom. The first-order valence-corrected chi connectivity index (χ1v) is 6.96. The Bertz CT molecular complexity index is 572. The average molecular weight is 292 g/mol. The van der Waals surface area contributed by atoms with E-state index in [-0.39, 0.29) is 6.10 Å². The van der Waals surface area contributed by atoms with Crippen molar-refractivity contribution < 1.29 is 9.84 Å². The standard InChI is InChI=1S/C16H18ClNO2/c1-11(2)20-15-8-13(9-18-10-15)16(19)7-12-4-3-5-14(17)6-12/h3-6,8-11,16,19H,7H2,1-2H3. The zero-order valence-corrected chi connectivity index (χ0v) is 12.3. The SMILES string of the molecule is CC(C)Oc1cncc(C(O)Cc2cccc(Cl)c2)c1. The van der Waals surface area contributed by atoms with Gasteiger partial charge in [-0.05, 0) is 37.6 Å². The number of benzene rings is 1. The minimum atomic E-state index is -0.628. The molecule has 2 aromatic rings. The highest BCUT2D eigenvalue weighted by Crippen LogP contribution is 2.23. The van der Waals surface area contributed by atoms with E-state index in [0.29, 0.717) is 17.2 Å². The van der Waals surface area contributed by atoms with Crippen molar-refractivity contribution in [2.24, 2.45) is 0 Å². The molecule has 0 saturated heterocycles. The maximum atomic E-state index is 10.3. The third kappa shape index (κ3) is 4.22. The zero-order chi connectivity index (χ0) is 14.5. The quantitative estimate of drug-likeness (QED) is 0.911. The average Bonchev–Trinajstić information content (AvgIpc) is 2.38. The van der Waals surface area contributed by atoms with Crippen LogP contribution in [0, 0.1) is 0 Å². The highest BCUT2D eigenvalue weighted by atomic mass is 35.5. The van der Waals surface area contributed by atoms with Gasteiger partial charge in [-0.3, -0.25) is 4.98 Å². The zero-order valence-electron chi connectivity index (χ0n) is 11.6. The van der Waals surface area contributed by atoms with E-state index in [1.54, 1.807) is 12.4 Å². The maximum Gasteiger partial charge on any atom is 0.138 e. The molecule has 1 aromatic heterocycles. The molecule has 0 fully saturated rings. The third-order valence-corrected chi connectivity index (χ3v) is 3.04. The lowest BCUT2D eigenvalue weighted by Crippen LogP contribution is -2.07. The molecular formula is C16H18ClNO2. The summed E-state index contributed by atoms with van der Waals surface area (Å²) in [7, 11) is 0. The van der Waals surface area contributed by atoms with Crippen LogP contribution < -0.4 is 4.74 Å². The van der Waals surface area contributed by atoms with Gasteiger partial charge in [0.2, 0.25) is 0 Å². The first-order valence-electron chi connectivity index (χ1n) is 6.58. The lowest BCUT2D eigenvalue weighted by atomic mass is 10.0. The first kappa shape index (κ1) is 14.8. The lowest BCUT2D eigenvalue weighted by molar-refractivity contribution is 0.176. The van der Waals surface area contributed by atoms with E-state index in [1.165, 1.54) is 0 Å². The van der Waals surface area contributed by atoms with Gasteiger partial charge in [-0.25, -0.2) is 0 Å². The van der Waals surface area contributed by atoms with Crippen molar-refractivity contribution in [1.29, 1.82) is 0 Å². The monoisotopic (exact) mass is 291 g/mol. The van der Waals surface area contributed by atoms with Crippen LogP contribution in [-0.2, 0) is 6.42 Å². The van der Waals surface area contributed by atoms with E-state index in [9.17, 15) is 5.11 Å². The van der Waals surface area contributed by atoms with Crippen molar-refractivity contribution >= 4 is 11.6 Å².